The van der Waals surface area contributed by atoms with Crippen LogP contribution in [-0.4, -0.2) is 51.4 Å². The molecule has 2 N–H and O–H groups in total. The van der Waals surface area contributed by atoms with Gasteiger partial charge >= 0.3 is 12.1 Å². The van der Waals surface area contributed by atoms with E-state index in [1.807, 2.05) is 6.92 Å². The number of allylic oxidation sites excluding steroid dienone is 2. The number of carbonyl (C=O) groups excluding carboxylic acids is 2. The molecule has 206 valence electrons. The Morgan fingerprint density at radius 1 is 1.24 bits per heavy atom. The molecule has 2 unspecified atom stereocenters. The van der Waals surface area contributed by atoms with Crippen LogP contribution in [-0.2, 0) is 14.3 Å². The summed E-state index contributed by atoms with van der Waals surface area (Å²) in [6.45, 7) is 9.55. The van der Waals surface area contributed by atoms with Crippen LogP contribution in [0.1, 0.15) is 64.6 Å². The largest absolute Gasteiger partial charge is 0.457 e. The van der Waals surface area contributed by atoms with Crippen molar-refractivity contribution in [2.45, 2.75) is 85.3 Å². The molecule has 2 heterocycles. The molecule has 1 aliphatic rings. The number of hydrogen-bond acceptors (Lipinski definition) is 7. The lowest BCUT2D eigenvalue weighted by molar-refractivity contribution is -0.154. The van der Waals surface area contributed by atoms with E-state index in [2.05, 4.69) is 4.98 Å². The van der Waals surface area contributed by atoms with Crippen LogP contribution in [0.15, 0.2) is 34.8 Å². The topological polar surface area (TPSA) is 96.7 Å². The van der Waals surface area contributed by atoms with Gasteiger partial charge in [0.05, 0.1) is 34.7 Å². The molecule has 0 radical (unpaired) electrons. The molecular formula is C27H36F3NO5S. The number of Topliss-reactive ketones (excluding diaryl/α,β-unsaturated/α-hetero) is 1. The second-order valence-corrected chi connectivity index (χ2v) is 11.3. The molecule has 0 saturated heterocycles. The average Bonchev–Trinajstić information content (AvgIpc) is 3.21. The summed E-state index contributed by atoms with van der Waals surface area (Å²) in [7, 11) is 0. The predicted molar refractivity (Wildman–Crippen MR) is 137 cm³/mol. The summed E-state index contributed by atoms with van der Waals surface area (Å²) in [5, 5.41) is 24.0. The Bertz CT molecular complexity index is 1060. The van der Waals surface area contributed by atoms with E-state index < -0.39 is 71.9 Å². The lowest BCUT2D eigenvalue weighted by Crippen LogP contribution is -2.45. The fraction of sp³-hybridized carbons (Fsp3) is 0.593. The molecule has 0 fully saturated rings. The molecule has 6 nitrogen and oxygen atoms in total. The number of thiazole rings is 1. The Morgan fingerprint density at radius 3 is 2.46 bits per heavy atom. The highest BCUT2D eigenvalue weighted by molar-refractivity contribution is 7.09. The van der Waals surface area contributed by atoms with Crippen molar-refractivity contribution < 1.29 is 37.7 Å². The number of hydrogen-bond donors (Lipinski definition) is 2. The Hall–Kier alpha value is -2.30. The molecule has 0 spiro atoms. The number of cyclic esters (lactones) is 1. The molecule has 1 aliphatic heterocycles. The number of rotatable bonds is 2. The van der Waals surface area contributed by atoms with Crippen LogP contribution in [0.3, 0.4) is 0 Å². The molecule has 10 heteroatoms. The monoisotopic (exact) mass is 543 g/mol. The van der Waals surface area contributed by atoms with Crippen LogP contribution in [0.25, 0.3) is 6.08 Å². The second-order valence-electron chi connectivity index (χ2n) is 10.2. The number of nitrogens with zero attached hydrogens (tertiary/aromatic N) is 1. The summed E-state index contributed by atoms with van der Waals surface area (Å²) in [5.74, 6) is -2.85. The number of carbonyl (C=O) groups is 2. The van der Waals surface area contributed by atoms with Gasteiger partial charge in [0.1, 0.15) is 11.9 Å². The Morgan fingerprint density at radius 2 is 1.89 bits per heavy atom. The maximum absolute atomic E-state index is 13.8. The Kier molecular flexibility index (Phi) is 10.4. The van der Waals surface area contributed by atoms with Gasteiger partial charge in [0.15, 0.2) is 0 Å². The van der Waals surface area contributed by atoms with E-state index in [4.69, 9.17) is 4.74 Å². The zero-order valence-corrected chi connectivity index (χ0v) is 22.8. The molecule has 37 heavy (non-hydrogen) atoms. The lowest BCUT2D eigenvalue weighted by atomic mass is 9.73. The first-order chi connectivity index (χ1) is 17.0. The fourth-order valence-electron chi connectivity index (χ4n) is 4.17. The van der Waals surface area contributed by atoms with Crippen molar-refractivity contribution in [2.24, 2.45) is 17.3 Å². The van der Waals surface area contributed by atoms with E-state index in [9.17, 15) is 33.0 Å². The van der Waals surface area contributed by atoms with E-state index in [0.29, 0.717) is 11.3 Å². The zero-order chi connectivity index (χ0) is 28.1. The minimum atomic E-state index is -4.61. The number of halogens is 3. The SMILES string of the molecule is CC(=Cc1csc(C)n1)[C@@H]1C/C=C(\C(F)(F)F)C/C=C/C(C)C(O)[C@@H](C)C(=O)C(C)(C)[C@@H](O)CC(=O)O1. The molecule has 0 bridgehead atoms. The van der Waals surface area contributed by atoms with Crippen LogP contribution >= 0.6 is 11.3 Å². The van der Waals surface area contributed by atoms with E-state index in [0.717, 1.165) is 11.1 Å². The van der Waals surface area contributed by atoms with Crippen molar-refractivity contribution in [3.63, 3.8) is 0 Å². The first-order valence-electron chi connectivity index (χ1n) is 12.2. The Balaban J connectivity index is 2.50. The Labute approximate surface area is 219 Å². The van der Waals surface area contributed by atoms with E-state index in [1.165, 1.54) is 44.3 Å². The number of ether oxygens (including phenoxy) is 1. The van der Waals surface area contributed by atoms with Crippen LogP contribution in [0, 0.1) is 24.2 Å². The predicted octanol–water partition coefficient (Wildman–Crippen LogP) is 5.58. The summed E-state index contributed by atoms with van der Waals surface area (Å²) in [4.78, 5) is 30.2. The number of aliphatic hydroxyl groups is 2. The van der Waals surface area contributed by atoms with Gasteiger partial charge in [-0.15, -0.1) is 11.3 Å². The standard InChI is InChI=1S/C27H36F3NO5S/c1-15-8-7-9-19(27(28,29)30)10-11-21(16(2)12-20-14-37-18(4)31-20)36-23(33)13-22(32)26(5,6)25(35)17(3)24(15)34/h7-8,10,12,14-15,17,21-22,24,32,34H,9,11,13H2,1-6H3/b8-7+,16-12?,19-10-/t15?,17-,21+,22+,24?/m1/s1. The van der Waals surface area contributed by atoms with Gasteiger partial charge in [-0.1, -0.05) is 45.9 Å². The quantitative estimate of drug-likeness (QED) is 0.373. The zero-order valence-electron chi connectivity index (χ0n) is 22.0. The maximum atomic E-state index is 13.8. The molecule has 2 rings (SSSR count). The van der Waals surface area contributed by atoms with Gasteiger partial charge in [-0.25, -0.2) is 4.98 Å². The molecule has 0 aliphatic carbocycles. The summed E-state index contributed by atoms with van der Waals surface area (Å²) in [6, 6.07) is 0. The molecule has 5 atom stereocenters. The van der Waals surface area contributed by atoms with Crippen molar-refractivity contribution in [3.8, 4) is 0 Å². The number of aryl methyl sites for hydroxylation is 1. The minimum Gasteiger partial charge on any atom is -0.457 e. The summed E-state index contributed by atoms with van der Waals surface area (Å²) in [6.07, 6.45) is -4.04. The number of aromatic nitrogens is 1. The third-order valence-electron chi connectivity index (χ3n) is 6.81. The molecule has 0 aromatic carbocycles. The second kappa shape index (κ2) is 12.5. The molecule has 1 aromatic heterocycles. The van der Waals surface area contributed by atoms with Crippen molar-refractivity contribution in [1.82, 2.24) is 4.98 Å². The van der Waals surface area contributed by atoms with Crippen molar-refractivity contribution in [3.05, 3.63) is 45.5 Å². The first-order valence-corrected chi connectivity index (χ1v) is 13.0. The van der Waals surface area contributed by atoms with Crippen molar-refractivity contribution in [2.75, 3.05) is 0 Å². The lowest BCUT2D eigenvalue weighted by Gasteiger charge is -2.34. The van der Waals surface area contributed by atoms with Gasteiger partial charge < -0.3 is 14.9 Å². The van der Waals surface area contributed by atoms with Crippen LogP contribution in [0.4, 0.5) is 13.2 Å². The summed E-state index contributed by atoms with van der Waals surface area (Å²) in [5.41, 5.74) is -1.11. The third kappa shape index (κ3) is 8.35. The number of esters is 1. The molecular weight excluding hydrogens is 507 g/mol. The average molecular weight is 544 g/mol. The van der Waals surface area contributed by atoms with Crippen LogP contribution < -0.4 is 0 Å². The van der Waals surface area contributed by atoms with Crippen LogP contribution in [0.5, 0.6) is 0 Å². The molecule has 0 amide bonds. The maximum Gasteiger partial charge on any atom is 0.412 e. The van der Waals surface area contributed by atoms with Gasteiger partial charge in [0, 0.05) is 29.2 Å². The molecule has 1 aromatic rings. The normalized spacial score (nSPS) is 31.4. The highest BCUT2D eigenvalue weighted by Crippen LogP contribution is 2.33. The van der Waals surface area contributed by atoms with Crippen molar-refractivity contribution >= 4 is 29.2 Å². The summed E-state index contributed by atoms with van der Waals surface area (Å²) >= 11 is 1.41. The first kappa shape index (κ1) is 30.9. The fourth-order valence-corrected chi connectivity index (χ4v) is 4.74. The van der Waals surface area contributed by atoms with Crippen molar-refractivity contribution in [1.29, 1.82) is 0 Å². The van der Waals surface area contributed by atoms with E-state index >= 15 is 0 Å². The van der Waals surface area contributed by atoms with E-state index in [-0.39, 0.29) is 6.42 Å². The van der Waals surface area contributed by atoms with Gasteiger partial charge in [-0.3, -0.25) is 9.59 Å². The highest BCUT2D eigenvalue weighted by atomic mass is 32.1. The van der Waals surface area contributed by atoms with Crippen LogP contribution in [0.2, 0.25) is 0 Å². The van der Waals surface area contributed by atoms with E-state index in [1.54, 1.807) is 25.3 Å². The van der Waals surface area contributed by atoms with Gasteiger partial charge in [0.2, 0.25) is 0 Å². The number of aliphatic hydroxyl groups excluding tert-OH is 2. The minimum absolute atomic E-state index is 0.243. The summed E-state index contributed by atoms with van der Waals surface area (Å²) < 4.78 is 46.8. The smallest absolute Gasteiger partial charge is 0.412 e. The molecule has 0 saturated carbocycles. The van der Waals surface area contributed by atoms with Gasteiger partial charge in [-0.2, -0.15) is 13.2 Å². The number of alkyl halides is 3. The highest BCUT2D eigenvalue weighted by Gasteiger charge is 2.42. The van der Waals surface area contributed by atoms with Gasteiger partial charge in [-0.05, 0) is 31.9 Å². The number of ketones is 1. The third-order valence-corrected chi connectivity index (χ3v) is 7.60. The van der Waals surface area contributed by atoms with Gasteiger partial charge in [0.25, 0.3) is 0 Å².